The number of rotatable bonds is 4. The maximum Gasteiger partial charge on any atom is 0.338 e. The van der Waals surface area contributed by atoms with Crippen LogP contribution < -0.4 is 5.32 Å². The molecule has 0 saturated heterocycles. The van der Waals surface area contributed by atoms with Crippen LogP contribution >= 0.6 is 0 Å². The third-order valence-corrected chi connectivity index (χ3v) is 2.07. The number of nitrogens with one attached hydrogen (secondary N) is 1. The van der Waals surface area contributed by atoms with Gasteiger partial charge >= 0.3 is 11.9 Å². The minimum atomic E-state index is -1.65. The molecule has 0 aliphatic carbocycles. The van der Waals surface area contributed by atoms with Crippen LogP contribution in [0.25, 0.3) is 0 Å². The van der Waals surface area contributed by atoms with E-state index in [1.807, 2.05) is 0 Å². The van der Waals surface area contributed by atoms with Crippen LogP contribution in [-0.4, -0.2) is 35.2 Å². The third kappa shape index (κ3) is 3.20. The van der Waals surface area contributed by atoms with Gasteiger partial charge in [0, 0.05) is 0 Å². The van der Waals surface area contributed by atoms with Gasteiger partial charge in [0.1, 0.15) is 5.60 Å². The molecule has 0 radical (unpaired) electrons. The Morgan fingerprint density at radius 3 is 2.00 bits per heavy atom. The Bertz CT molecular complexity index is 251. The van der Waals surface area contributed by atoms with E-state index in [2.05, 4.69) is 5.32 Å². The summed E-state index contributed by atoms with van der Waals surface area (Å²) in [6.45, 7) is 6.71. The molecule has 0 aromatic rings. The molecular weight excluding hydrogens is 198 g/mol. The molecule has 0 heterocycles. The van der Waals surface area contributed by atoms with Crippen molar-refractivity contribution in [1.82, 2.24) is 5.32 Å². The molecule has 0 spiro atoms. The first-order chi connectivity index (χ1) is 6.69. The van der Waals surface area contributed by atoms with Gasteiger partial charge in [-0.05, 0) is 34.2 Å². The summed E-state index contributed by atoms with van der Waals surface area (Å²) in [5.41, 5.74) is -2.34. The maximum atomic E-state index is 11.7. The molecule has 88 valence electrons. The van der Waals surface area contributed by atoms with E-state index >= 15 is 0 Å². The zero-order valence-corrected chi connectivity index (χ0v) is 9.88. The monoisotopic (exact) mass is 217 g/mol. The van der Waals surface area contributed by atoms with Gasteiger partial charge < -0.3 is 9.84 Å². The van der Waals surface area contributed by atoms with Gasteiger partial charge in [0.15, 0.2) is 0 Å². The van der Waals surface area contributed by atoms with Crippen LogP contribution in [0.5, 0.6) is 0 Å². The standard InChI is InChI=1S/C10H19NO4/c1-6-10(11-5,7(12)13)8(14)15-9(2,3)4/h11H,6H2,1-5H3,(H,12,13). The molecule has 1 unspecified atom stereocenters. The van der Waals surface area contributed by atoms with E-state index in [4.69, 9.17) is 9.84 Å². The summed E-state index contributed by atoms with van der Waals surface area (Å²) < 4.78 is 5.06. The van der Waals surface area contributed by atoms with E-state index in [0.29, 0.717) is 0 Å². The number of esters is 1. The van der Waals surface area contributed by atoms with Gasteiger partial charge in [-0.25, -0.2) is 9.59 Å². The fourth-order valence-electron chi connectivity index (χ4n) is 1.13. The first kappa shape index (κ1) is 13.9. The van der Waals surface area contributed by atoms with E-state index in [1.54, 1.807) is 27.7 Å². The van der Waals surface area contributed by atoms with Crippen molar-refractivity contribution < 1.29 is 19.4 Å². The van der Waals surface area contributed by atoms with Crippen molar-refractivity contribution in [2.45, 2.75) is 45.3 Å². The van der Waals surface area contributed by atoms with Crippen molar-refractivity contribution in [2.24, 2.45) is 0 Å². The van der Waals surface area contributed by atoms with Crippen molar-refractivity contribution in [2.75, 3.05) is 7.05 Å². The molecule has 0 rings (SSSR count). The summed E-state index contributed by atoms with van der Waals surface area (Å²) in [6.07, 6.45) is 0.133. The number of hydrogen-bond acceptors (Lipinski definition) is 4. The van der Waals surface area contributed by atoms with Crippen molar-refractivity contribution >= 4 is 11.9 Å². The number of carbonyl (C=O) groups excluding carboxylic acids is 1. The predicted octanol–water partition coefficient (Wildman–Crippen LogP) is 0.781. The lowest BCUT2D eigenvalue weighted by Gasteiger charge is -2.29. The molecule has 0 aromatic carbocycles. The van der Waals surface area contributed by atoms with Gasteiger partial charge in [-0.15, -0.1) is 0 Å². The van der Waals surface area contributed by atoms with Crippen LogP contribution in [-0.2, 0) is 14.3 Å². The van der Waals surface area contributed by atoms with Crippen molar-refractivity contribution in [3.05, 3.63) is 0 Å². The molecule has 0 saturated carbocycles. The molecule has 5 heteroatoms. The first-order valence-electron chi connectivity index (χ1n) is 4.85. The Kier molecular flexibility index (Phi) is 4.27. The Morgan fingerprint density at radius 1 is 1.33 bits per heavy atom. The highest BCUT2D eigenvalue weighted by Gasteiger charge is 2.46. The van der Waals surface area contributed by atoms with Crippen LogP contribution in [0.1, 0.15) is 34.1 Å². The molecule has 1 atom stereocenters. The average Bonchev–Trinajstić information content (AvgIpc) is 2.03. The van der Waals surface area contributed by atoms with E-state index in [9.17, 15) is 9.59 Å². The van der Waals surface area contributed by atoms with Crippen molar-refractivity contribution in [3.8, 4) is 0 Å². The van der Waals surface area contributed by atoms with Crippen LogP contribution in [0.15, 0.2) is 0 Å². The smallest absolute Gasteiger partial charge is 0.338 e. The van der Waals surface area contributed by atoms with Crippen LogP contribution in [0.3, 0.4) is 0 Å². The number of aliphatic carboxylic acids is 1. The lowest BCUT2D eigenvalue weighted by Crippen LogP contribution is -2.58. The zero-order valence-electron chi connectivity index (χ0n) is 9.88. The van der Waals surface area contributed by atoms with Crippen molar-refractivity contribution in [3.63, 3.8) is 0 Å². The SMILES string of the molecule is CCC(NC)(C(=O)O)C(=O)OC(C)(C)C. The highest BCUT2D eigenvalue weighted by atomic mass is 16.6. The molecule has 0 bridgehead atoms. The zero-order chi connectivity index (χ0) is 12.3. The Labute approximate surface area is 89.8 Å². The molecule has 2 N–H and O–H groups in total. The Hall–Kier alpha value is -1.10. The molecule has 0 amide bonds. The van der Waals surface area contributed by atoms with Gasteiger partial charge in [0.2, 0.25) is 5.54 Å². The number of carboxylic acids is 1. The van der Waals surface area contributed by atoms with Crippen LogP contribution in [0.4, 0.5) is 0 Å². The lowest BCUT2D eigenvalue weighted by molar-refractivity contribution is -0.171. The summed E-state index contributed by atoms with van der Waals surface area (Å²) >= 11 is 0. The summed E-state index contributed by atoms with van der Waals surface area (Å²) in [5, 5.41) is 11.5. The van der Waals surface area contributed by atoms with E-state index in [0.717, 1.165) is 0 Å². The van der Waals surface area contributed by atoms with Gasteiger partial charge in [0.05, 0.1) is 0 Å². The minimum Gasteiger partial charge on any atom is -0.479 e. The number of carboxylic acid groups (broad SMARTS) is 1. The molecule has 0 aromatic heterocycles. The molecule has 0 aliphatic rings. The van der Waals surface area contributed by atoms with E-state index in [-0.39, 0.29) is 6.42 Å². The summed E-state index contributed by atoms with van der Waals surface area (Å²) in [6, 6.07) is 0. The topological polar surface area (TPSA) is 75.6 Å². The predicted molar refractivity (Wildman–Crippen MR) is 55.6 cm³/mol. The first-order valence-corrected chi connectivity index (χ1v) is 4.85. The highest BCUT2D eigenvalue weighted by Crippen LogP contribution is 2.17. The Balaban J connectivity index is 4.95. The van der Waals surface area contributed by atoms with Gasteiger partial charge in [-0.2, -0.15) is 0 Å². The number of ether oxygens (including phenoxy) is 1. The summed E-state index contributed by atoms with van der Waals surface area (Å²) in [7, 11) is 1.43. The minimum absolute atomic E-state index is 0.133. The third-order valence-electron chi connectivity index (χ3n) is 2.07. The molecule has 5 nitrogen and oxygen atoms in total. The van der Waals surface area contributed by atoms with Gasteiger partial charge in [-0.1, -0.05) is 6.92 Å². The second-order valence-electron chi connectivity index (χ2n) is 4.32. The quantitative estimate of drug-likeness (QED) is 0.537. The molecule has 15 heavy (non-hydrogen) atoms. The average molecular weight is 217 g/mol. The Morgan fingerprint density at radius 2 is 1.80 bits per heavy atom. The summed E-state index contributed by atoms with van der Waals surface area (Å²) in [5.74, 6) is -1.98. The van der Waals surface area contributed by atoms with Crippen molar-refractivity contribution in [1.29, 1.82) is 0 Å². The fraction of sp³-hybridized carbons (Fsp3) is 0.800. The van der Waals surface area contributed by atoms with Crippen LogP contribution in [0, 0.1) is 0 Å². The fourth-order valence-corrected chi connectivity index (χ4v) is 1.13. The van der Waals surface area contributed by atoms with Gasteiger partial charge in [0.25, 0.3) is 0 Å². The molecule has 0 aliphatic heterocycles. The number of carbonyl (C=O) groups is 2. The maximum absolute atomic E-state index is 11.7. The largest absolute Gasteiger partial charge is 0.479 e. The second-order valence-corrected chi connectivity index (χ2v) is 4.32. The normalized spacial score (nSPS) is 15.5. The summed E-state index contributed by atoms with van der Waals surface area (Å²) in [4.78, 5) is 22.8. The second kappa shape index (κ2) is 4.61. The molecular formula is C10H19NO4. The van der Waals surface area contributed by atoms with E-state index < -0.39 is 23.1 Å². The molecule has 0 fully saturated rings. The lowest BCUT2D eigenvalue weighted by atomic mass is 9.96. The highest BCUT2D eigenvalue weighted by molar-refractivity contribution is 6.04. The van der Waals surface area contributed by atoms with Gasteiger partial charge in [-0.3, -0.25) is 5.32 Å². The number of likely N-dealkylation sites (N-methyl/N-ethyl adjacent to an activating group) is 1. The van der Waals surface area contributed by atoms with E-state index in [1.165, 1.54) is 7.05 Å². The van der Waals surface area contributed by atoms with Crippen LogP contribution in [0.2, 0.25) is 0 Å². The number of hydrogen-bond donors (Lipinski definition) is 2.